The number of rotatable bonds is 6. The van der Waals surface area contributed by atoms with Crippen molar-refractivity contribution < 1.29 is 4.74 Å². The standard InChI is InChI=1S/C16H26N2OS/c1-2-6-17-15(9-13-5-8-20-12-13)16-10-18-7-3-4-14(18)11-19-16/h5,8,12,14-17H,2-4,6-7,9-11H2,1H3. The van der Waals surface area contributed by atoms with Gasteiger partial charge in [0.25, 0.3) is 0 Å². The van der Waals surface area contributed by atoms with E-state index >= 15 is 0 Å². The third kappa shape index (κ3) is 3.42. The van der Waals surface area contributed by atoms with Crippen molar-refractivity contribution >= 4 is 11.3 Å². The zero-order valence-electron chi connectivity index (χ0n) is 12.4. The molecule has 3 unspecified atom stereocenters. The Bertz CT molecular complexity index is 395. The molecule has 1 aromatic rings. The van der Waals surface area contributed by atoms with Gasteiger partial charge >= 0.3 is 0 Å². The second-order valence-corrected chi connectivity index (χ2v) is 6.84. The molecule has 1 N–H and O–H groups in total. The number of hydrogen-bond acceptors (Lipinski definition) is 4. The summed E-state index contributed by atoms with van der Waals surface area (Å²) >= 11 is 1.79. The van der Waals surface area contributed by atoms with Gasteiger partial charge in [-0.05, 0) is 61.2 Å². The minimum absolute atomic E-state index is 0.343. The van der Waals surface area contributed by atoms with Gasteiger partial charge in [0, 0.05) is 18.6 Å². The molecule has 1 aromatic heterocycles. The molecule has 2 aliphatic rings. The monoisotopic (exact) mass is 294 g/mol. The van der Waals surface area contributed by atoms with Gasteiger partial charge in [-0.3, -0.25) is 4.90 Å². The quantitative estimate of drug-likeness (QED) is 0.872. The number of hydrogen-bond donors (Lipinski definition) is 1. The van der Waals surface area contributed by atoms with Crippen LogP contribution < -0.4 is 5.32 Å². The first-order valence-corrected chi connectivity index (χ1v) is 8.91. The fourth-order valence-electron chi connectivity index (χ4n) is 3.41. The molecule has 0 aromatic carbocycles. The molecule has 0 bridgehead atoms. The lowest BCUT2D eigenvalue weighted by Gasteiger charge is -2.39. The van der Waals surface area contributed by atoms with Crippen molar-refractivity contribution in [2.45, 2.75) is 50.8 Å². The molecule has 3 nitrogen and oxygen atoms in total. The fourth-order valence-corrected chi connectivity index (χ4v) is 4.10. The van der Waals surface area contributed by atoms with Gasteiger partial charge in [0.2, 0.25) is 0 Å². The van der Waals surface area contributed by atoms with Gasteiger partial charge < -0.3 is 10.1 Å². The van der Waals surface area contributed by atoms with Crippen LogP contribution >= 0.6 is 11.3 Å². The van der Waals surface area contributed by atoms with Crippen molar-refractivity contribution in [2.75, 3.05) is 26.2 Å². The molecule has 112 valence electrons. The molecule has 0 radical (unpaired) electrons. The Balaban J connectivity index is 1.62. The van der Waals surface area contributed by atoms with Crippen LogP contribution in [0, 0.1) is 0 Å². The molecule has 0 aliphatic carbocycles. The predicted molar refractivity (Wildman–Crippen MR) is 84.4 cm³/mol. The third-order valence-electron chi connectivity index (χ3n) is 4.56. The molecular weight excluding hydrogens is 268 g/mol. The van der Waals surface area contributed by atoms with E-state index in [-0.39, 0.29) is 0 Å². The lowest BCUT2D eigenvalue weighted by molar-refractivity contribution is -0.0643. The van der Waals surface area contributed by atoms with Crippen molar-refractivity contribution in [1.29, 1.82) is 0 Å². The molecule has 3 rings (SSSR count). The largest absolute Gasteiger partial charge is 0.374 e. The minimum atomic E-state index is 0.343. The number of nitrogens with zero attached hydrogens (tertiary/aromatic N) is 1. The van der Waals surface area contributed by atoms with Crippen LogP contribution in [0.1, 0.15) is 31.7 Å². The summed E-state index contributed by atoms with van der Waals surface area (Å²) in [6.45, 7) is 6.61. The van der Waals surface area contributed by atoms with Gasteiger partial charge in [-0.15, -0.1) is 0 Å². The summed E-state index contributed by atoms with van der Waals surface area (Å²) in [4.78, 5) is 2.64. The second-order valence-electron chi connectivity index (χ2n) is 6.06. The zero-order valence-corrected chi connectivity index (χ0v) is 13.2. The van der Waals surface area contributed by atoms with E-state index < -0.39 is 0 Å². The topological polar surface area (TPSA) is 24.5 Å². The maximum atomic E-state index is 6.20. The Morgan fingerprint density at radius 2 is 2.50 bits per heavy atom. The first-order valence-electron chi connectivity index (χ1n) is 7.97. The average Bonchev–Trinajstić information content (AvgIpc) is 3.13. The Morgan fingerprint density at radius 1 is 1.55 bits per heavy atom. The summed E-state index contributed by atoms with van der Waals surface area (Å²) in [5.41, 5.74) is 1.44. The van der Waals surface area contributed by atoms with Gasteiger partial charge in [-0.2, -0.15) is 11.3 Å². The van der Waals surface area contributed by atoms with Crippen molar-refractivity contribution in [2.24, 2.45) is 0 Å². The van der Waals surface area contributed by atoms with Crippen LogP contribution in [0.5, 0.6) is 0 Å². The van der Waals surface area contributed by atoms with Crippen LogP contribution in [-0.4, -0.2) is 49.3 Å². The van der Waals surface area contributed by atoms with E-state index in [0.29, 0.717) is 18.2 Å². The van der Waals surface area contributed by atoms with Crippen molar-refractivity contribution in [3.05, 3.63) is 22.4 Å². The Kier molecular flexibility index (Phi) is 5.10. The summed E-state index contributed by atoms with van der Waals surface area (Å²) in [6, 6.07) is 3.39. The number of nitrogens with one attached hydrogen (secondary N) is 1. The van der Waals surface area contributed by atoms with Gasteiger partial charge in [-0.1, -0.05) is 6.92 Å². The third-order valence-corrected chi connectivity index (χ3v) is 5.29. The SMILES string of the molecule is CCCNC(Cc1ccsc1)C1CN2CCCC2CO1. The fraction of sp³-hybridized carbons (Fsp3) is 0.750. The van der Waals surface area contributed by atoms with Crippen LogP contribution in [0.4, 0.5) is 0 Å². The predicted octanol–water partition coefficient (Wildman–Crippen LogP) is 2.52. The van der Waals surface area contributed by atoms with Crippen molar-refractivity contribution in [1.82, 2.24) is 10.2 Å². The van der Waals surface area contributed by atoms with Gasteiger partial charge in [0.15, 0.2) is 0 Å². The van der Waals surface area contributed by atoms with E-state index in [4.69, 9.17) is 4.74 Å². The maximum Gasteiger partial charge on any atom is 0.0858 e. The van der Waals surface area contributed by atoms with Crippen LogP contribution in [-0.2, 0) is 11.2 Å². The lowest BCUT2D eigenvalue weighted by atomic mass is 10.0. The van der Waals surface area contributed by atoms with E-state index in [1.54, 1.807) is 11.3 Å². The van der Waals surface area contributed by atoms with Crippen LogP contribution in [0.2, 0.25) is 0 Å². The summed E-state index contributed by atoms with van der Waals surface area (Å²) < 4.78 is 6.20. The second kappa shape index (κ2) is 7.03. The van der Waals surface area contributed by atoms with Crippen molar-refractivity contribution in [3.8, 4) is 0 Å². The number of thiophene rings is 1. The number of ether oxygens (including phenoxy) is 1. The van der Waals surface area contributed by atoms with Crippen LogP contribution in [0.25, 0.3) is 0 Å². The summed E-state index contributed by atoms with van der Waals surface area (Å²) in [7, 11) is 0. The molecule has 4 heteroatoms. The van der Waals surface area contributed by atoms with E-state index in [9.17, 15) is 0 Å². The normalized spacial score (nSPS) is 28.4. The van der Waals surface area contributed by atoms with E-state index in [0.717, 1.165) is 26.1 Å². The maximum absolute atomic E-state index is 6.20. The Labute approximate surface area is 126 Å². The highest BCUT2D eigenvalue weighted by atomic mass is 32.1. The zero-order chi connectivity index (χ0) is 13.8. The highest BCUT2D eigenvalue weighted by Gasteiger charge is 2.35. The Hall–Kier alpha value is -0.420. The minimum Gasteiger partial charge on any atom is -0.374 e. The average molecular weight is 294 g/mol. The van der Waals surface area contributed by atoms with E-state index in [1.807, 2.05) is 0 Å². The van der Waals surface area contributed by atoms with Crippen LogP contribution in [0.3, 0.4) is 0 Å². The first kappa shape index (κ1) is 14.5. The highest BCUT2D eigenvalue weighted by Crippen LogP contribution is 2.25. The van der Waals surface area contributed by atoms with Crippen molar-refractivity contribution in [3.63, 3.8) is 0 Å². The smallest absolute Gasteiger partial charge is 0.0858 e. The molecule has 20 heavy (non-hydrogen) atoms. The molecule has 0 saturated carbocycles. The Morgan fingerprint density at radius 3 is 3.30 bits per heavy atom. The molecule has 3 atom stereocenters. The molecular formula is C16H26N2OS. The number of morpholine rings is 1. The van der Waals surface area contributed by atoms with Crippen LogP contribution in [0.15, 0.2) is 16.8 Å². The number of fused-ring (bicyclic) bond motifs is 1. The molecule has 0 spiro atoms. The molecule has 2 saturated heterocycles. The molecule has 2 aliphatic heterocycles. The van der Waals surface area contributed by atoms with Gasteiger partial charge in [0.05, 0.1) is 12.7 Å². The highest BCUT2D eigenvalue weighted by molar-refractivity contribution is 7.07. The van der Waals surface area contributed by atoms with Gasteiger partial charge in [0.1, 0.15) is 0 Å². The first-order chi connectivity index (χ1) is 9.86. The van der Waals surface area contributed by atoms with Gasteiger partial charge in [-0.25, -0.2) is 0 Å². The molecule has 0 amide bonds. The van der Waals surface area contributed by atoms with E-state index in [2.05, 4.69) is 34.0 Å². The summed E-state index contributed by atoms with van der Waals surface area (Å²) in [6.07, 6.45) is 5.28. The molecule has 2 fully saturated rings. The lowest BCUT2D eigenvalue weighted by Crippen LogP contribution is -2.55. The summed E-state index contributed by atoms with van der Waals surface area (Å²) in [5.74, 6) is 0. The summed E-state index contributed by atoms with van der Waals surface area (Å²) in [5, 5.41) is 8.15. The molecule has 3 heterocycles. The van der Waals surface area contributed by atoms with E-state index in [1.165, 1.54) is 31.4 Å².